The summed E-state index contributed by atoms with van der Waals surface area (Å²) in [4.78, 5) is 0. The van der Waals surface area contributed by atoms with Crippen molar-refractivity contribution in [3.8, 4) is 0 Å². The molecule has 5 nitrogen and oxygen atoms in total. The van der Waals surface area contributed by atoms with Crippen molar-refractivity contribution < 1.29 is 73.9 Å². The summed E-state index contributed by atoms with van der Waals surface area (Å²) in [6, 6.07) is 0. The first-order chi connectivity index (χ1) is 11.2. The van der Waals surface area contributed by atoms with Crippen LogP contribution in [0, 0.1) is 0 Å². The van der Waals surface area contributed by atoms with Gasteiger partial charge in [-0.15, -0.1) is 0 Å². The average molecular weight is 498 g/mol. The molecule has 0 fully saturated rings. The number of alkyl halides is 13. The van der Waals surface area contributed by atoms with Crippen molar-refractivity contribution in [2.24, 2.45) is 0 Å². The van der Waals surface area contributed by atoms with E-state index in [1.807, 2.05) is 0 Å². The smallest absolute Gasteiger partial charge is 0.205 e. The molecule has 0 aromatic heterocycles. The second-order valence-corrected chi connectivity index (χ2v) is 8.62. The highest BCUT2D eigenvalue weighted by Gasteiger charge is 2.92. The van der Waals surface area contributed by atoms with E-state index in [0.29, 0.717) is 0 Å². The van der Waals surface area contributed by atoms with Crippen LogP contribution >= 0.6 is 10.7 Å². The normalized spacial score (nSPS) is 16.5. The Hall–Kier alpha value is -0.760. The lowest BCUT2D eigenvalue weighted by Crippen LogP contribution is -2.71. The van der Waals surface area contributed by atoms with Gasteiger partial charge in [0.1, 0.15) is 0 Å². The first-order valence-corrected chi connectivity index (χ1v) is 8.93. The molecule has 1 N–H and O–H groups in total. The summed E-state index contributed by atoms with van der Waals surface area (Å²) >= 11 is 0. The first-order valence-electron chi connectivity index (χ1n) is 5.14. The van der Waals surface area contributed by atoms with E-state index in [1.165, 1.54) is 0 Å². The van der Waals surface area contributed by atoms with Gasteiger partial charge >= 0.3 is 44.4 Å². The summed E-state index contributed by atoms with van der Waals surface area (Å²) in [6.07, 6.45) is -7.68. The molecule has 0 radical (unpaired) electrons. The lowest BCUT2D eigenvalue weighted by molar-refractivity contribution is -0.433. The van der Waals surface area contributed by atoms with Crippen LogP contribution in [-0.4, -0.2) is 52.0 Å². The van der Waals surface area contributed by atoms with E-state index in [9.17, 15) is 73.9 Å². The van der Waals surface area contributed by atoms with Gasteiger partial charge in [-0.3, -0.25) is 0 Å². The molecule has 0 aromatic rings. The summed E-state index contributed by atoms with van der Waals surface area (Å²) in [5, 5.41) is -7.68. The second-order valence-electron chi connectivity index (χ2n) is 4.34. The first kappa shape index (κ1) is 26.2. The molecule has 27 heavy (non-hydrogen) atoms. The van der Waals surface area contributed by atoms with E-state index in [2.05, 4.69) is 10.7 Å². The second kappa shape index (κ2) is 6.37. The predicted octanol–water partition coefficient (Wildman–Crippen LogP) is 3.09. The van der Waals surface area contributed by atoms with Crippen LogP contribution in [0.1, 0.15) is 0 Å². The van der Waals surface area contributed by atoms with E-state index < -0.39 is 58.5 Å². The third kappa shape index (κ3) is 3.88. The molecule has 21 heteroatoms. The Kier molecular flexibility index (Phi) is 6.19. The molecule has 0 aliphatic carbocycles. The molecule has 164 valence electrons. The van der Waals surface area contributed by atoms with Crippen LogP contribution in [-0.2, 0) is 19.3 Å². The molecule has 0 unspecified atom stereocenters. The molecule has 0 aliphatic rings. The Bertz CT molecular complexity index is 786. The highest BCUT2D eigenvalue weighted by molar-refractivity contribution is 8.19. The number of sulfonamides is 1. The lowest BCUT2D eigenvalue weighted by Gasteiger charge is -2.39. The van der Waals surface area contributed by atoms with Gasteiger partial charge in [-0.2, -0.15) is 65.5 Å². The Labute approximate surface area is 144 Å². The topological polar surface area (TPSA) is 80.3 Å². The van der Waals surface area contributed by atoms with Crippen LogP contribution in [0.25, 0.3) is 0 Å². The molecule has 0 heterocycles. The minimum absolute atomic E-state index is 0.574. The van der Waals surface area contributed by atoms with Gasteiger partial charge in [-0.25, -0.2) is 8.42 Å². The maximum Gasteiger partial charge on any atom is 0.460 e. The summed E-state index contributed by atoms with van der Waals surface area (Å²) in [5.41, 5.74) is 0. The van der Waals surface area contributed by atoms with E-state index in [1.54, 1.807) is 0 Å². The largest absolute Gasteiger partial charge is 0.460 e. The van der Waals surface area contributed by atoms with Gasteiger partial charge in [0.15, 0.2) is 0 Å². The molecule has 0 amide bonds. The Morgan fingerprint density at radius 1 is 0.556 bits per heavy atom. The van der Waals surface area contributed by atoms with Crippen LogP contribution in [0.4, 0.5) is 57.1 Å². The quantitative estimate of drug-likeness (QED) is 0.433. The summed E-state index contributed by atoms with van der Waals surface area (Å²) < 4.78 is 206. The SMILES string of the molecule is O=S(=O)(Cl)NS(=O)(=O)C(F)(F)C(F)(F)C(F)(F)C(F)(F)C(F)(F)C(F)(F)F. The van der Waals surface area contributed by atoms with Crippen molar-refractivity contribution in [1.82, 2.24) is 4.13 Å². The van der Waals surface area contributed by atoms with E-state index >= 15 is 0 Å². The molecule has 0 aromatic carbocycles. The zero-order valence-electron chi connectivity index (χ0n) is 11.2. The van der Waals surface area contributed by atoms with Crippen molar-refractivity contribution in [3.63, 3.8) is 0 Å². The fourth-order valence-corrected chi connectivity index (χ4v) is 3.79. The molecule has 0 aliphatic heterocycles. The van der Waals surface area contributed by atoms with Crippen molar-refractivity contribution in [1.29, 1.82) is 0 Å². The Morgan fingerprint density at radius 3 is 1.11 bits per heavy atom. The number of hydrogen-bond donors (Lipinski definition) is 1. The van der Waals surface area contributed by atoms with E-state index in [4.69, 9.17) is 0 Å². The van der Waals surface area contributed by atoms with Gasteiger partial charge < -0.3 is 0 Å². The van der Waals surface area contributed by atoms with Gasteiger partial charge in [-0.1, -0.05) is 4.13 Å². The molecule has 0 saturated carbocycles. The van der Waals surface area contributed by atoms with Gasteiger partial charge in [0, 0.05) is 10.7 Å². The van der Waals surface area contributed by atoms with Crippen molar-refractivity contribution in [2.75, 3.05) is 0 Å². The van der Waals surface area contributed by atoms with Crippen LogP contribution in [0.5, 0.6) is 0 Å². The summed E-state index contributed by atoms with van der Waals surface area (Å²) in [5.74, 6) is -33.0. The third-order valence-electron chi connectivity index (χ3n) is 2.45. The molecule has 0 rings (SSSR count). The molecular weight excluding hydrogens is 497 g/mol. The number of nitrogens with one attached hydrogen (secondary N) is 1. The zero-order valence-corrected chi connectivity index (χ0v) is 13.6. The highest BCUT2D eigenvalue weighted by atomic mass is 35.7. The summed E-state index contributed by atoms with van der Waals surface area (Å²) in [6.45, 7) is 0. The zero-order chi connectivity index (χ0) is 22.7. The van der Waals surface area contributed by atoms with Crippen molar-refractivity contribution in [2.45, 2.75) is 35.1 Å². The van der Waals surface area contributed by atoms with Crippen LogP contribution in [0.15, 0.2) is 0 Å². The van der Waals surface area contributed by atoms with Crippen LogP contribution in [0.2, 0.25) is 0 Å². The number of rotatable bonds is 7. The van der Waals surface area contributed by atoms with Crippen LogP contribution < -0.4 is 4.13 Å². The van der Waals surface area contributed by atoms with E-state index in [0.717, 1.165) is 0 Å². The fourth-order valence-electron chi connectivity index (χ4n) is 1.11. The number of hydrogen-bond acceptors (Lipinski definition) is 4. The third-order valence-corrected chi connectivity index (χ3v) is 5.62. The highest BCUT2D eigenvalue weighted by Crippen LogP contribution is 2.60. The summed E-state index contributed by atoms with van der Waals surface area (Å²) in [7, 11) is -9.68. The van der Waals surface area contributed by atoms with Crippen molar-refractivity contribution in [3.05, 3.63) is 0 Å². The minimum Gasteiger partial charge on any atom is -0.205 e. The maximum atomic E-state index is 13.2. The average Bonchev–Trinajstić information content (AvgIpc) is 2.33. The molecule has 0 spiro atoms. The number of halogens is 14. The van der Waals surface area contributed by atoms with E-state index in [-0.39, 0.29) is 0 Å². The van der Waals surface area contributed by atoms with Crippen molar-refractivity contribution >= 4 is 29.9 Å². The molecule has 0 atom stereocenters. The van der Waals surface area contributed by atoms with Gasteiger partial charge in [0.25, 0.3) is 10.0 Å². The van der Waals surface area contributed by atoms with Crippen LogP contribution in [0.3, 0.4) is 0 Å². The Morgan fingerprint density at radius 2 is 0.852 bits per heavy atom. The minimum atomic E-state index is -8.40. The molecule has 0 saturated heterocycles. The standard InChI is InChI=1S/C6HClF13NO4S2/c7-27(24,25)21-26(22,23)6(19,20)4(14,15)2(10,11)1(8,9)3(12,13)5(16,17)18/h21H. The molecular formula is C6HClF13NO4S2. The molecule has 0 bridgehead atoms. The maximum absolute atomic E-state index is 13.2. The van der Waals surface area contributed by atoms with Gasteiger partial charge in [-0.05, 0) is 0 Å². The van der Waals surface area contributed by atoms with Gasteiger partial charge in [0.05, 0.1) is 0 Å². The fraction of sp³-hybridized carbons (Fsp3) is 1.00. The monoisotopic (exact) mass is 497 g/mol. The Balaban J connectivity index is 6.65. The lowest BCUT2D eigenvalue weighted by atomic mass is 9.98. The predicted molar refractivity (Wildman–Crippen MR) is 57.6 cm³/mol. The van der Waals surface area contributed by atoms with Gasteiger partial charge in [0.2, 0.25) is 0 Å².